The van der Waals surface area contributed by atoms with E-state index in [2.05, 4.69) is 22.1 Å². The summed E-state index contributed by atoms with van der Waals surface area (Å²) < 4.78 is 5.25. The van der Waals surface area contributed by atoms with E-state index >= 15 is 0 Å². The molecule has 6 nitrogen and oxygen atoms in total. The number of rotatable bonds is 4. The van der Waals surface area contributed by atoms with Crippen LogP contribution in [0.5, 0.6) is 5.75 Å². The van der Waals surface area contributed by atoms with Crippen molar-refractivity contribution in [2.24, 2.45) is 5.73 Å². The molecule has 3 rings (SSSR count). The second-order valence-corrected chi connectivity index (χ2v) is 5.24. The molecule has 2 N–H and O–H groups in total. The predicted octanol–water partition coefficient (Wildman–Crippen LogP) is 2.02. The number of benzene rings is 1. The first kappa shape index (κ1) is 15.0. The van der Waals surface area contributed by atoms with E-state index < -0.39 is 5.91 Å². The number of hydrogen-bond donors (Lipinski definition) is 1. The minimum atomic E-state index is -0.564. The Kier molecular flexibility index (Phi) is 4.23. The minimum absolute atomic E-state index is 0.211. The van der Waals surface area contributed by atoms with Crippen molar-refractivity contribution in [3.63, 3.8) is 0 Å². The Morgan fingerprint density at radius 2 is 2.13 bits per heavy atom. The molecule has 1 aromatic heterocycles. The lowest BCUT2D eigenvalue weighted by Gasteiger charge is -2.24. The summed E-state index contributed by atoms with van der Waals surface area (Å²) in [5, 5.41) is 0. The monoisotopic (exact) mass is 310 g/mol. The summed E-state index contributed by atoms with van der Waals surface area (Å²) in [5.41, 5.74) is 7.14. The number of carbonyl (C=O) groups is 1. The number of nitrogens with zero attached hydrogens (tertiary/aromatic N) is 3. The van der Waals surface area contributed by atoms with Crippen LogP contribution >= 0.6 is 0 Å². The molecule has 2 aromatic rings. The van der Waals surface area contributed by atoms with Gasteiger partial charge in [0.1, 0.15) is 11.4 Å². The lowest BCUT2D eigenvalue weighted by molar-refractivity contribution is 0.0995. The first-order chi connectivity index (χ1) is 11.2. The highest BCUT2D eigenvalue weighted by atomic mass is 16.5. The molecule has 6 heteroatoms. The Balaban J connectivity index is 2.06. The van der Waals surface area contributed by atoms with Crippen molar-refractivity contribution >= 4 is 11.9 Å². The van der Waals surface area contributed by atoms with Gasteiger partial charge < -0.3 is 15.4 Å². The van der Waals surface area contributed by atoms with Gasteiger partial charge in [-0.2, -0.15) is 0 Å². The number of carbonyl (C=O) groups excluding carboxylic acids is 1. The van der Waals surface area contributed by atoms with Crippen LogP contribution in [0.2, 0.25) is 0 Å². The lowest BCUT2D eigenvalue weighted by atomic mass is 10.1. The molecule has 0 spiro atoms. The average molecular weight is 310 g/mol. The smallest absolute Gasteiger partial charge is 0.267 e. The Hall–Kier alpha value is -2.89. The molecule has 0 saturated carbocycles. The molecule has 2 heterocycles. The standard InChI is InChI=1S/C17H18N4O2/c1-23-13-7-5-6-12(10-13)14-11-15(16(18)22)20-17(19-14)21-8-3-2-4-9-21/h2-3,5-7,10-11H,4,8-9H2,1H3,(H2,18,22). The molecule has 118 valence electrons. The van der Waals surface area contributed by atoms with E-state index in [-0.39, 0.29) is 5.69 Å². The van der Waals surface area contributed by atoms with Crippen LogP contribution in [0.3, 0.4) is 0 Å². The van der Waals surface area contributed by atoms with Crippen molar-refractivity contribution in [2.45, 2.75) is 6.42 Å². The number of anilines is 1. The van der Waals surface area contributed by atoms with Gasteiger partial charge in [0.15, 0.2) is 0 Å². The quantitative estimate of drug-likeness (QED) is 0.874. The molecule has 0 radical (unpaired) electrons. The van der Waals surface area contributed by atoms with E-state index in [9.17, 15) is 4.79 Å². The van der Waals surface area contributed by atoms with E-state index in [1.165, 1.54) is 0 Å². The zero-order valence-corrected chi connectivity index (χ0v) is 12.9. The van der Waals surface area contributed by atoms with Gasteiger partial charge in [0, 0.05) is 18.7 Å². The van der Waals surface area contributed by atoms with Crippen LogP contribution in [0.4, 0.5) is 5.95 Å². The number of primary amides is 1. The van der Waals surface area contributed by atoms with Crippen LogP contribution in [0.25, 0.3) is 11.3 Å². The molecule has 0 saturated heterocycles. The topological polar surface area (TPSA) is 81.3 Å². The highest BCUT2D eigenvalue weighted by molar-refractivity contribution is 5.92. The maximum absolute atomic E-state index is 11.6. The fourth-order valence-electron chi connectivity index (χ4n) is 2.46. The predicted molar refractivity (Wildman–Crippen MR) is 88.5 cm³/mol. The lowest BCUT2D eigenvalue weighted by Crippen LogP contribution is -2.29. The van der Waals surface area contributed by atoms with E-state index in [1.54, 1.807) is 13.2 Å². The van der Waals surface area contributed by atoms with Crippen molar-refractivity contribution in [1.82, 2.24) is 9.97 Å². The zero-order valence-electron chi connectivity index (χ0n) is 12.9. The molecule has 23 heavy (non-hydrogen) atoms. The summed E-state index contributed by atoms with van der Waals surface area (Å²) in [4.78, 5) is 22.5. The van der Waals surface area contributed by atoms with Crippen LogP contribution in [0, 0.1) is 0 Å². The molecule has 1 amide bonds. The fourth-order valence-corrected chi connectivity index (χ4v) is 2.46. The number of amides is 1. The van der Waals surface area contributed by atoms with E-state index in [0.29, 0.717) is 11.6 Å². The average Bonchev–Trinajstić information content (AvgIpc) is 2.62. The first-order valence-electron chi connectivity index (χ1n) is 7.40. The molecule has 1 aliphatic heterocycles. The van der Waals surface area contributed by atoms with Gasteiger partial charge in [0.25, 0.3) is 5.91 Å². The maximum Gasteiger partial charge on any atom is 0.267 e. The molecule has 0 atom stereocenters. The number of nitrogens with two attached hydrogens (primary N) is 1. The van der Waals surface area contributed by atoms with Crippen LogP contribution in [0.1, 0.15) is 16.9 Å². The van der Waals surface area contributed by atoms with Crippen LogP contribution in [-0.4, -0.2) is 36.1 Å². The summed E-state index contributed by atoms with van der Waals surface area (Å²) in [5.74, 6) is 0.679. The summed E-state index contributed by atoms with van der Waals surface area (Å²) >= 11 is 0. The third kappa shape index (κ3) is 3.31. The van der Waals surface area contributed by atoms with Crippen LogP contribution in [0.15, 0.2) is 42.5 Å². The fraction of sp³-hybridized carbons (Fsp3) is 0.235. The van der Waals surface area contributed by atoms with Crippen molar-refractivity contribution in [1.29, 1.82) is 0 Å². The van der Waals surface area contributed by atoms with Gasteiger partial charge in [-0.05, 0) is 24.6 Å². The van der Waals surface area contributed by atoms with Crippen LogP contribution in [-0.2, 0) is 0 Å². The van der Waals surface area contributed by atoms with Gasteiger partial charge in [-0.1, -0.05) is 24.3 Å². The molecule has 0 bridgehead atoms. The van der Waals surface area contributed by atoms with Gasteiger partial charge in [0.2, 0.25) is 5.95 Å². The van der Waals surface area contributed by atoms with Crippen molar-refractivity contribution in [3.05, 3.63) is 48.2 Å². The van der Waals surface area contributed by atoms with Gasteiger partial charge >= 0.3 is 0 Å². The van der Waals surface area contributed by atoms with Gasteiger partial charge in [-0.3, -0.25) is 4.79 Å². The van der Waals surface area contributed by atoms with E-state index in [1.807, 2.05) is 29.2 Å². The van der Waals surface area contributed by atoms with Crippen molar-refractivity contribution < 1.29 is 9.53 Å². The number of methoxy groups -OCH3 is 1. The minimum Gasteiger partial charge on any atom is -0.497 e. The Morgan fingerprint density at radius 1 is 1.26 bits per heavy atom. The molecule has 1 aliphatic rings. The third-order valence-electron chi connectivity index (χ3n) is 3.67. The second-order valence-electron chi connectivity index (χ2n) is 5.24. The summed E-state index contributed by atoms with van der Waals surface area (Å²) in [6.07, 6.45) is 5.12. The zero-order chi connectivity index (χ0) is 16.2. The largest absolute Gasteiger partial charge is 0.497 e. The summed E-state index contributed by atoms with van der Waals surface area (Å²) in [6.45, 7) is 1.54. The molecular formula is C17H18N4O2. The normalized spacial score (nSPS) is 13.9. The number of aromatic nitrogens is 2. The highest BCUT2D eigenvalue weighted by Crippen LogP contribution is 2.25. The highest BCUT2D eigenvalue weighted by Gasteiger charge is 2.16. The van der Waals surface area contributed by atoms with Gasteiger partial charge in [-0.15, -0.1) is 0 Å². The summed E-state index contributed by atoms with van der Waals surface area (Å²) in [6, 6.07) is 9.13. The second kappa shape index (κ2) is 6.48. The summed E-state index contributed by atoms with van der Waals surface area (Å²) in [7, 11) is 1.61. The molecular weight excluding hydrogens is 292 g/mol. The number of ether oxygens (including phenoxy) is 1. The molecule has 0 fully saturated rings. The Morgan fingerprint density at radius 3 is 2.83 bits per heavy atom. The first-order valence-corrected chi connectivity index (χ1v) is 7.40. The third-order valence-corrected chi connectivity index (χ3v) is 3.67. The maximum atomic E-state index is 11.6. The number of hydrogen-bond acceptors (Lipinski definition) is 5. The van der Waals surface area contributed by atoms with Crippen LogP contribution < -0.4 is 15.4 Å². The molecule has 0 unspecified atom stereocenters. The Bertz CT molecular complexity index is 758. The van der Waals surface area contributed by atoms with E-state index in [0.717, 1.165) is 30.8 Å². The van der Waals surface area contributed by atoms with Gasteiger partial charge in [0.05, 0.1) is 12.8 Å². The van der Waals surface area contributed by atoms with Gasteiger partial charge in [-0.25, -0.2) is 9.97 Å². The Labute approximate surface area is 134 Å². The van der Waals surface area contributed by atoms with E-state index in [4.69, 9.17) is 10.5 Å². The van der Waals surface area contributed by atoms with Crippen molar-refractivity contribution in [2.75, 3.05) is 25.1 Å². The molecule has 0 aliphatic carbocycles. The van der Waals surface area contributed by atoms with Crippen molar-refractivity contribution in [3.8, 4) is 17.0 Å². The SMILES string of the molecule is COc1cccc(-c2cc(C(N)=O)nc(N3CC=CCC3)n2)c1. The molecule has 1 aromatic carbocycles.